The normalized spacial score (nSPS) is 11.3. The van der Waals surface area contributed by atoms with Crippen LogP contribution in [-0.4, -0.2) is 18.9 Å². The molecule has 1 rings (SSSR count). The van der Waals surface area contributed by atoms with E-state index in [9.17, 15) is 13.2 Å². The first kappa shape index (κ1) is 10.7. The molecule has 76 valence electrons. The lowest BCUT2D eigenvalue weighted by molar-refractivity contribution is 0.0996. The van der Waals surface area contributed by atoms with E-state index >= 15 is 0 Å². The van der Waals surface area contributed by atoms with Gasteiger partial charge in [0.15, 0.2) is 0 Å². The van der Waals surface area contributed by atoms with Gasteiger partial charge in [-0.2, -0.15) is 8.42 Å². The molecule has 0 heterocycles. The fraction of sp³-hybridized carbons (Fsp3) is 0.125. The lowest BCUT2D eigenvalue weighted by atomic mass is 10.1. The second kappa shape index (κ2) is 3.39. The van der Waals surface area contributed by atoms with Crippen LogP contribution in [0.1, 0.15) is 15.9 Å². The van der Waals surface area contributed by atoms with Gasteiger partial charge >= 0.3 is 0 Å². The topological polar surface area (TPSA) is 97.5 Å². The molecular weight excluding hydrogens is 206 g/mol. The van der Waals surface area contributed by atoms with Crippen molar-refractivity contribution in [3.05, 3.63) is 29.3 Å². The number of primary amides is 1. The van der Waals surface area contributed by atoms with Gasteiger partial charge in [-0.15, -0.1) is 0 Å². The van der Waals surface area contributed by atoms with E-state index in [2.05, 4.69) is 0 Å². The maximum absolute atomic E-state index is 10.9. The van der Waals surface area contributed by atoms with Gasteiger partial charge in [-0.25, -0.2) is 0 Å². The molecule has 0 aliphatic heterocycles. The third-order valence-corrected chi connectivity index (χ3v) is 2.79. The molecule has 0 aliphatic rings. The van der Waals surface area contributed by atoms with Gasteiger partial charge in [0.2, 0.25) is 5.91 Å². The summed E-state index contributed by atoms with van der Waals surface area (Å²) in [6.07, 6.45) is 0. The van der Waals surface area contributed by atoms with Crippen LogP contribution < -0.4 is 5.73 Å². The van der Waals surface area contributed by atoms with Crippen LogP contribution in [-0.2, 0) is 10.1 Å². The van der Waals surface area contributed by atoms with E-state index in [0.717, 1.165) is 0 Å². The predicted molar refractivity (Wildman–Crippen MR) is 49.5 cm³/mol. The van der Waals surface area contributed by atoms with Crippen molar-refractivity contribution in [1.82, 2.24) is 0 Å². The summed E-state index contributed by atoms with van der Waals surface area (Å²) < 4.78 is 30.7. The molecule has 1 aromatic rings. The number of amides is 1. The maximum Gasteiger partial charge on any atom is 0.295 e. The van der Waals surface area contributed by atoms with Gasteiger partial charge in [-0.3, -0.25) is 9.35 Å². The van der Waals surface area contributed by atoms with Crippen LogP contribution in [0, 0.1) is 6.92 Å². The Morgan fingerprint density at radius 2 is 2.00 bits per heavy atom. The Hall–Kier alpha value is -1.40. The monoisotopic (exact) mass is 215 g/mol. The van der Waals surface area contributed by atoms with Gasteiger partial charge < -0.3 is 5.73 Å². The molecule has 0 bridgehead atoms. The number of rotatable bonds is 2. The SMILES string of the molecule is Cc1cccc(C(N)=O)c1S(=O)(=O)O. The number of carbonyl (C=O) groups excluding carboxylic acids is 1. The Morgan fingerprint density at radius 1 is 1.43 bits per heavy atom. The number of nitrogens with two attached hydrogens (primary N) is 1. The predicted octanol–water partition coefficient (Wildman–Crippen LogP) is 0.341. The minimum absolute atomic E-state index is 0.201. The number of hydrogen-bond donors (Lipinski definition) is 2. The first-order valence-corrected chi connectivity index (χ1v) is 5.15. The van der Waals surface area contributed by atoms with Crippen molar-refractivity contribution < 1.29 is 17.8 Å². The Bertz CT molecular complexity index is 478. The lowest BCUT2D eigenvalue weighted by Crippen LogP contribution is -2.16. The second-order valence-corrected chi connectivity index (χ2v) is 4.15. The molecule has 0 saturated heterocycles. The highest BCUT2D eigenvalue weighted by Crippen LogP contribution is 2.19. The van der Waals surface area contributed by atoms with Crippen molar-refractivity contribution in [3.8, 4) is 0 Å². The average Bonchev–Trinajstić information content (AvgIpc) is 2.01. The largest absolute Gasteiger partial charge is 0.366 e. The smallest absolute Gasteiger partial charge is 0.295 e. The third kappa shape index (κ3) is 1.91. The van der Waals surface area contributed by atoms with Crippen LogP contribution >= 0.6 is 0 Å². The van der Waals surface area contributed by atoms with Crippen molar-refractivity contribution in [3.63, 3.8) is 0 Å². The molecule has 0 saturated carbocycles. The second-order valence-electron chi connectivity index (χ2n) is 2.79. The van der Waals surface area contributed by atoms with Gasteiger partial charge in [0.1, 0.15) is 4.90 Å². The number of hydrogen-bond acceptors (Lipinski definition) is 3. The molecule has 0 radical (unpaired) electrons. The minimum Gasteiger partial charge on any atom is -0.366 e. The van der Waals surface area contributed by atoms with Crippen LogP contribution in [0.4, 0.5) is 0 Å². The van der Waals surface area contributed by atoms with Crippen LogP contribution in [0.15, 0.2) is 23.1 Å². The van der Waals surface area contributed by atoms with E-state index in [1.807, 2.05) is 0 Å². The Balaban J connectivity index is 3.62. The van der Waals surface area contributed by atoms with E-state index in [4.69, 9.17) is 10.3 Å². The summed E-state index contributed by atoms with van der Waals surface area (Å²) in [6.45, 7) is 1.47. The van der Waals surface area contributed by atoms with Crippen molar-refractivity contribution in [2.75, 3.05) is 0 Å². The molecule has 1 aromatic carbocycles. The first-order valence-electron chi connectivity index (χ1n) is 3.71. The van der Waals surface area contributed by atoms with Gasteiger partial charge in [0, 0.05) is 0 Å². The summed E-state index contributed by atoms with van der Waals surface area (Å²) in [5.74, 6) is -0.888. The van der Waals surface area contributed by atoms with Crippen molar-refractivity contribution in [2.24, 2.45) is 5.73 Å². The van der Waals surface area contributed by atoms with Crippen molar-refractivity contribution in [2.45, 2.75) is 11.8 Å². The molecule has 0 fully saturated rings. The zero-order valence-electron chi connectivity index (χ0n) is 7.39. The molecule has 5 nitrogen and oxygen atoms in total. The molecule has 0 atom stereocenters. The quantitative estimate of drug-likeness (QED) is 0.695. The molecule has 3 N–H and O–H groups in total. The molecule has 0 aliphatic carbocycles. The Morgan fingerprint density at radius 3 is 2.36 bits per heavy atom. The highest BCUT2D eigenvalue weighted by molar-refractivity contribution is 7.86. The van der Waals surface area contributed by atoms with Gasteiger partial charge in [-0.05, 0) is 18.6 Å². The summed E-state index contributed by atoms with van der Waals surface area (Å²) in [6, 6.07) is 4.21. The molecule has 0 aromatic heterocycles. The highest BCUT2D eigenvalue weighted by atomic mass is 32.2. The summed E-state index contributed by atoms with van der Waals surface area (Å²) >= 11 is 0. The van der Waals surface area contributed by atoms with E-state index in [0.29, 0.717) is 0 Å². The zero-order chi connectivity index (χ0) is 10.9. The summed E-state index contributed by atoms with van der Waals surface area (Å²) in [7, 11) is -4.41. The Kier molecular flexibility index (Phi) is 2.59. The molecule has 14 heavy (non-hydrogen) atoms. The fourth-order valence-corrected chi connectivity index (χ4v) is 2.11. The fourth-order valence-electron chi connectivity index (χ4n) is 1.19. The highest BCUT2D eigenvalue weighted by Gasteiger charge is 2.20. The van der Waals surface area contributed by atoms with Crippen molar-refractivity contribution >= 4 is 16.0 Å². The number of aryl methyl sites for hydroxylation is 1. The van der Waals surface area contributed by atoms with Crippen LogP contribution in [0.25, 0.3) is 0 Å². The molecule has 0 spiro atoms. The molecule has 0 unspecified atom stereocenters. The first-order chi connectivity index (χ1) is 6.34. The third-order valence-electron chi connectivity index (χ3n) is 1.74. The minimum atomic E-state index is -4.41. The van der Waals surface area contributed by atoms with E-state index < -0.39 is 20.9 Å². The van der Waals surface area contributed by atoms with Crippen LogP contribution in [0.2, 0.25) is 0 Å². The van der Waals surface area contributed by atoms with E-state index in [1.165, 1.54) is 25.1 Å². The van der Waals surface area contributed by atoms with Crippen LogP contribution in [0.3, 0.4) is 0 Å². The van der Waals surface area contributed by atoms with E-state index in [-0.39, 0.29) is 11.1 Å². The van der Waals surface area contributed by atoms with Gasteiger partial charge in [0.25, 0.3) is 10.1 Å². The number of benzene rings is 1. The number of carbonyl (C=O) groups is 1. The zero-order valence-corrected chi connectivity index (χ0v) is 8.21. The lowest BCUT2D eigenvalue weighted by Gasteiger charge is -2.06. The standard InChI is InChI=1S/C8H9NO4S/c1-5-3-2-4-6(8(9)10)7(5)14(11,12)13/h2-4H,1H3,(H2,9,10)(H,11,12,13). The van der Waals surface area contributed by atoms with Crippen molar-refractivity contribution in [1.29, 1.82) is 0 Å². The molecule has 1 amide bonds. The van der Waals surface area contributed by atoms with Crippen LogP contribution in [0.5, 0.6) is 0 Å². The average molecular weight is 215 g/mol. The summed E-state index contributed by atoms with van der Waals surface area (Å²) in [4.78, 5) is 10.4. The Labute approximate surface area is 81.3 Å². The molecule has 6 heteroatoms. The summed E-state index contributed by atoms with van der Waals surface area (Å²) in [5, 5.41) is 0. The van der Waals surface area contributed by atoms with Gasteiger partial charge in [-0.1, -0.05) is 12.1 Å². The summed E-state index contributed by atoms with van der Waals surface area (Å²) in [5.41, 5.74) is 5.05. The molecular formula is C8H9NO4S. The maximum atomic E-state index is 10.9. The van der Waals surface area contributed by atoms with Gasteiger partial charge in [0.05, 0.1) is 5.56 Å². The van der Waals surface area contributed by atoms with E-state index in [1.54, 1.807) is 0 Å².